The van der Waals surface area contributed by atoms with Crippen molar-refractivity contribution >= 4 is 96.6 Å². The second kappa shape index (κ2) is 11.5. The van der Waals surface area contributed by atoms with E-state index in [2.05, 4.69) is 104 Å². The molecule has 0 radical (unpaired) electrons. The van der Waals surface area contributed by atoms with Crippen LogP contribution < -0.4 is 0 Å². The van der Waals surface area contributed by atoms with Crippen molar-refractivity contribution < 1.29 is 9.90 Å². The number of aryl methyl sites for hydroxylation is 3. The Morgan fingerprint density at radius 3 is 1.72 bits per heavy atom. The first-order valence-corrected chi connectivity index (χ1v) is 17.0. The quantitative estimate of drug-likeness (QED) is 0.186. The number of carbonyl (C=O) groups is 1. The number of rotatable bonds is 7. The van der Waals surface area contributed by atoms with E-state index in [1.165, 1.54) is 19.5 Å². The number of fused-ring (bicyclic) bond motifs is 6. The van der Waals surface area contributed by atoms with Gasteiger partial charge in [-0.05, 0) is 97.8 Å². The zero-order valence-corrected chi connectivity index (χ0v) is 27.7. The topological polar surface area (TPSA) is 72.9 Å². The fourth-order valence-corrected chi connectivity index (χ4v) is 7.93. The third-order valence-corrected chi connectivity index (χ3v) is 10.6. The van der Waals surface area contributed by atoms with Crippen molar-refractivity contribution in [3.8, 4) is 11.4 Å². The first-order chi connectivity index (χ1) is 22.8. The first-order valence-electron chi connectivity index (χ1n) is 15.3. The third kappa shape index (κ3) is 5.35. The van der Waals surface area contributed by atoms with E-state index in [-0.39, 0.29) is 6.54 Å². The predicted molar refractivity (Wildman–Crippen MR) is 198 cm³/mol. The second-order valence-corrected chi connectivity index (χ2v) is 14.5. The van der Waals surface area contributed by atoms with Gasteiger partial charge in [0.2, 0.25) is 0 Å². The van der Waals surface area contributed by atoms with Crippen LogP contribution in [0.15, 0.2) is 85.2 Å². The number of carboxylic acids is 1. The Hall–Kier alpha value is -5.31. The molecule has 8 rings (SSSR count). The summed E-state index contributed by atoms with van der Waals surface area (Å²) in [5.41, 5.74) is 7.53. The molecule has 0 spiro atoms. The Balaban J connectivity index is 1.24. The highest BCUT2D eigenvalue weighted by molar-refractivity contribution is 7.13. The van der Waals surface area contributed by atoms with Crippen LogP contribution in [0, 0.1) is 13.8 Å². The molecule has 0 aliphatic rings. The highest BCUT2D eigenvalue weighted by atomic mass is 32.1. The highest BCUT2D eigenvalue weighted by Crippen LogP contribution is 2.35. The molecule has 0 amide bonds. The van der Waals surface area contributed by atoms with Crippen molar-refractivity contribution in [3.63, 3.8) is 0 Å². The molecule has 47 heavy (non-hydrogen) atoms. The number of carboxylic acid groups (broad SMARTS) is 1. The lowest BCUT2D eigenvalue weighted by molar-refractivity contribution is -0.137. The number of nitrogens with zero attached hydrogens (tertiary/aromatic N) is 4. The van der Waals surface area contributed by atoms with Gasteiger partial charge in [0.25, 0.3) is 0 Å². The number of pyridine rings is 2. The van der Waals surface area contributed by atoms with Gasteiger partial charge < -0.3 is 14.2 Å². The summed E-state index contributed by atoms with van der Waals surface area (Å²) in [6.07, 6.45) is 12.3. The summed E-state index contributed by atoms with van der Waals surface area (Å²) in [5.74, 6) is -0.896. The van der Waals surface area contributed by atoms with Gasteiger partial charge in [0.05, 0.1) is 34.8 Å². The van der Waals surface area contributed by atoms with E-state index in [0.29, 0.717) is 0 Å². The molecule has 2 aromatic carbocycles. The van der Waals surface area contributed by atoms with Crippen molar-refractivity contribution in [2.75, 3.05) is 0 Å². The lowest BCUT2D eigenvalue weighted by Gasteiger charge is -2.05. The molecule has 230 valence electrons. The van der Waals surface area contributed by atoms with Crippen LogP contribution in [-0.2, 0) is 18.4 Å². The Morgan fingerprint density at radius 2 is 1.17 bits per heavy atom. The summed E-state index contributed by atoms with van der Waals surface area (Å²) >= 11 is 3.54. The fraction of sp³-hybridized carbons (Fsp3) is 0.103. The SMILES string of the molecule is Cc1ccc(/C=C/c2ccc3c(c2)c2cc(-c4cc5c6cc(/C=C/c7ccc(C)s7)ccc6n(CC(=O)O)c5cn4)ncc2n3C)s1. The van der Waals surface area contributed by atoms with Gasteiger partial charge in [-0.2, -0.15) is 0 Å². The summed E-state index contributed by atoms with van der Waals surface area (Å²) in [6, 6.07) is 25.4. The lowest BCUT2D eigenvalue weighted by Crippen LogP contribution is -2.08. The molecule has 8 heteroatoms. The van der Waals surface area contributed by atoms with Crippen LogP contribution in [0.1, 0.15) is 30.6 Å². The van der Waals surface area contributed by atoms with Crippen LogP contribution in [0.4, 0.5) is 0 Å². The van der Waals surface area contributed by atoms with E-state index in [1.807, 2.05) is 29.0 Å². The van der Waals surface area contributed by atoms with Gasteiger partial charge in [0, 0.05) is 59.1 Å². The molecule has 0 unspecified atom stereocenters. The summed E-state index contributed by atoms with van der Waals surface area (Å²) in [7, 11) is 2.07. The van der Waals surface area contributed by atoms with E-state index in [9.17, 15) is 9.90 Å². The molecule has 6 nitrogen and oxygen atoms in total. The summed E-state index contributed by atoms with van der Waals surface area (Å²) in [4.78, 5) is 26.5. The average molecular weight is 651 g/mol. The molecule has 0 saturated carbocycles. The Morgan fingerprint density at radius 1 is 0.660 bits per heavy atom. The third-order valence-electron chi connectivity index (χ3n) is 8.65. The van der Waals surface area contributed by atoms with Crippen molar-refractivity contribution in [1.82, 2.24) is 19.1 Å². The maximum absolute atomic E-state index is 11.9. The van der Waals surface area contributed by atoms with Crippen molar-refractivity contribution in [2.24, 2.45) is 7.05 Å². The van der Waals surface area contributed by atoms with Gasteiger partial charge in [-0.3, -0.25) is 14.8 Å². The Kier molecular flexibility index (Phi) is 7.12. The minimum atomic E-state index is -0.896. The molecule has 1 N–H and O–H groups in total. The van der Waals surface area contributed by atoms with E-state index in [4.69, 9.17) is 9.97 Å². The number of aliphatic carboxylic acids is 1. The minimum absolute atomic E-state index is 0.145. The number of thiophene rings is 2. The van der Waals surface area contributed by atoms with Crippen LogP contribution in [0.2, 0.25) is 0 Å². The van der Waals surface area contributed by atoms with Crippen LogP contribution >= 0.6 is 22.7 Å². The van der Waals surface area contributed by atoms with E-state index in [0.717, 1.165) is 66.1 Å². The van der Waals surface area contributed by atoms with Gasteiger partial charge in [-0.15, -0.1) is 22.7 Å². The van der Waals surface area contributed by atoms with Gasteiger partial charge in [-0.1, -0.05) is 24.3 Å². The van der Waals surface area contributed by atoms with Crippen molar-refractivity contribution in [2.45, 2.75) is 20.4 Å². The maximum Gasteiger partial charge on any atom is 0.323 e. The highest BCUT2D eigenvalue weighted by Gasteiger charge is 2.17. The average Bonchev–Trinajstić information content (AvgIpc) is 3.83. The fourth-order valence-electron chi connectivity index (χ4n) is 6.37. The number of aromatic nitrogens is 4. The monoisotopic (exact) mass is 650 g/mol. The molecule has 0 aliphatic heterocycles. The lowest BCUT2D eigenvalue weighted by atomic mass is 10.1. The smallest absolute Gasteiger partial charge is 0.323 e. The molecule has 0 saturated heterocycles. The molecular weight excluding hydrogens is 621 g/mol. The molecule has 8 aromatic rings. The standard InChI is InChI=1S/C39H30N4O2S2/c1-23-4-10-27(46-23)12-6-25-8-14-35-29(16-25)31-18-33(40-20-37(31)42(35)3)34-19-32-30-17-26(7-13-28-11-5-24(2)47-28)9-15-36(30)43(22-39(44)45)38(32)21-41-34/h4-21H,22H2,1-3H3,(H,44,45)/b12-6+,13-7+. The molecule has 6 aromatic heterocycles. The molecule has 0 fully saturated rings. The summed E-state index contributed by atoms with van der Waals surface area (Å²) in [6.45, 7) is 4.08. The maximum atomic E-state index is 11.9. The molecule has 6 heterocycles. The van der Waals surface area contributed by atoms with Crippen LogP contribution in [0.3, 0.4) is 0 Å². The van der Waals surface area contributed by atoms with Crippen LogP contribution in [0.25, 0.3) is 79.3 Å². The first kappa shape index (κ1) is 29.1. The number of benzene rings is 2. The molecular formula is C39H30N4O2S2. The summed E-state index contributed by atoms with van der Waals surface area (Å²) < 4.78 is 4.01. The van der Waals surface area contributed by atoms with Gasteiger partial charge >= 0.3 is 5.97 Å². The molecule has 0 bridgehead atoms. The zero-order chi connectivity index (χ0) is 32.2. The van der Waals surface area contributed by atoms with E-state index >= 15 is 0 Å². The van der Waals surface area contributed by atoms with Crippen molar-refractivity contribution in [1.29, 1.82) is 0 Å². The van der Waals surface area contributed by atoms with Gasteiger partial charge in [-0.25, -0.2) is 0 Å². The largest absolute Gasteiger partial charge is 0.480 e. The van der Waals surface area contributed by atoms with Gasteiger partial charge in [0.15, 0.2) is 0 Å². The second-order valence-electron chi connectivity index (χ2n) is 11.8. The van der Waals surface area contributed by atoms with Crippen LogP contribution in [-0.4, -0.2) is 30.2 Å². The predicted octanol–water partition coefficient (Wildman–Crippen LogP) is 10.1. The zero-order valence-electron chi connectivity index (χ0n) is 26.1. The number of hydrogen-bond acceptors (Lipinski definition) is 5. The number of hydrogen-bond donors (Lipinski definition) is 1. The molecule has 0 aliphatic carbocycles. The van der Waals surface area contributed by atoms with Crippen molar-refractivity contribution in [3.05, 3.63) is 116 Å². The van der Waals surface area contributed by atoms with E-state index in [1.54, 1.807) is 28.9 Å². The van der Waals surface area contributed by atoms with Gasteiger partial charge in [0.1, 0.15) is 6.54 Å². The Bertz CT molecular complexity index is 2580. The minimum Gasteiger partial charge on any atom is -0.480 e. The van der Waals surface area contributed by atoms with E-state index < -0.39 is 5.97 Å². The Labute approximate surface area is 279 Å². The summed E-state index contributed by atoms with van der Waals surface area (Å²) in [5, 5.41) is 13.9. The molecule has 0 atom stereocenters. The normalized spacial score (nSPS) is 12.2. The van der Waals surface area contributed by atoms with Crippen LogP contribution in [0.5, 0.6) is 0 Å².